The van der Waals surface area contributed by atoms with Crippen molar-refractivity contribution in [1.82, 2.24) is 9.88 Å². The molecule has 0 aromatic carbocycles. The van der Waals surface area contributed by atoms with Crippen LogP contribution in [0.2, 0.25) is 0 Å². The van der Waals surface area contributed by atoms with E-state index in [1.54, 1.807) is 0 Å². The van der Waals surface area contributed by atoms with E-state index in [4.69, 9.17) is 0 Å². The summed E-state index contributed by atoms with van der Waals surface area (Å²) in [6, 6.07) is 0.240. The van der Waals surface area contributed by atoms with Crippen LogP contribution in [-0.2, 0) is 4.79 Å². The van der Waals surface area contributed by atoms with E-state index in [1.165, 1.54) is 11.1 Å². The Labute approximate surface area is 116 Å². The maximum absolute atomic E-state index is 13.1. The Kier molecular flexibility index (Phi) is 4.32. The van der Waals surface area contributed by atoms with Gasteiger partial charge in [0.1, 0.15) is 11.9 Å². The Morgan fingerprint density at radius 1 is 1.50 bits per heavy atom. The summed E-state index contributed by atoms with van der Waals surface area (Å²) in [6.45, 7) is 2.39. The molecule has 0 bridgehead atoms. The first-order valence-electron chi connectivity index (χ1n) is 6.67. The van der Waals surface area contributed by atoms with Crippen LogP contribution in [0.25, 0.3) is 0 Å². The Balaban J connectivity index is 2.21. The summed E-state index contributed by atoms with van der Waals surface area (Å²) in [5, 5.41) is 9.29. The Morgan fingerprint density at radius 2 is 2.25 bits per heavy atom. The van der Waals surface area contributed by atoms with E-state index in [-0.39, 0.29) is 5.56 Å². The molecular formula is C14H17FN2O3. The minimum Gasteiger partial charge on any atom is -0.480 e. The van der Waals surface area contributed by atoms with Crippen molar-refractivity contribution in [3.8, 4) is 0 Å². The lowest BCUT2D eigenvalue weighted by molar-refractivity contribution is -0.144. The quantitative estimate of drug-likeness (QED) is 0.918. The number of carbonyl (C=O) groups excluding carboxylic acids is 1. The normalized spacial score (nSPS) is 22.6. The van der Waals surface area contributed by atoms with Crippen LogP contribution in [0.5, 0.6) is 0 Å². The second kappa shape index (κ2) is 5.98. The maximum Gasteiger partial charge on any atom is 0.326 e. The van der Waals surface area contributed by atoms with E-state index in [2.05, 4.69) is 4.98 Å². The lowest BCUT2D eigenvalue weighted by atomic mass is 9.88. The molecule has 6 heteroatoms. The summed E-state index contributed by atoms with van der Waals surface area (Å²) in [6.07, 6.45) is 4.38. The first kappa shape index (κ1) is 14.4. The largest absolute Gasteiger partial charge is 0.480 e. The van der Waals surface area contributed by atoms with Gasteiger partial charge < -0.3 is 10.0 Å². The average Bonchev–Trinajstić information content (AvgIpc) is 2.45. The van der Waals surface area contributed by atoms with Crippen molar-refractivity contribution in [3.05, 3.63) is 29.8 Å². The molecule has 0 aliphatic carbocycles. The molecule has 1 aromatic heterocycles. The molecule has 1 fully saturated rings. The van der Waals surface area contributed by atoms with Gasteiger partial charge in [-0.3, -0.25) is 9.78 Å². The van der Waals surface area contributed by atoms with Crippen molar-refractivity contribution in [2.45, 2.75) is 32.2 Å². The highest BCUT2D eigenvalue weighted by Gasteiger charge is 2.36. The number of carbonyl (C=O) groups is 2. The van der Waals surface area contributed by atoms with Crippen molar-refractivity contribution in [2.75, 3.05) is 6.54 Å². The number of rotatable bonds is 3. The van der Waals surface area contributed by atoms with Gasteiger partial charge in [0.05, 0.1) is 11.8 Å². The molecule has 2 unspecified atom stereocenters. The molecule has 0 radical (unpaired) electrons. The molecule has 0 spiro atoms. The summed E-state index contributed by atoms with van der Waals surface area (Å²) in [5.41, 5.74) is 0.0891. The predicted octanol–water partition coefficient (Wildman–Crippen LogP) is 1.94. The fourth-order valence-electron chi connectivity index (χ4n) is 2.58. The highest BCUT2D eigenvalue weighted by molar-refractivity contribution is 5.96. The molecule has 1 N–H and O–H groups in total. The van der Waals surface area contributed by atoms with Crippen LogP contribution >= 0.6 is 0 Å². The number of piperidine rings is 1. The third kappa shape index (κ3) is 2.95. The number of pyridine rings is 1. The molecule has 2 heterocycles. The van der Waals surface area contributed by atoms with E-state index < -0.39 is 23.7 Å². The molecular weight excluding hydrogens is 263 g/mol. The smallest absolute Gasteiger partial charge is 0.326 e. The number of nitrogens with zero attached hydrogens (tertiary/aromatic N) is 2. The number of carboxylic acids is 1. The van der Waals surface area contributed by atoms with Crippen molar-refractivity contribution >= 4 is 11.9 Å². The lowest BCUT2D eigenvalue weighted by Crippen LogP contribution is -2.50. The number of hydrogen-bond donors (Lipinski definition) is 1. The first-order chi connectivity index (χ1) is 9.52. The molecule has 1 aliphatic rings. The number of halogens is 1. The van der Waals surface area contributed by atoms with E-state index in [0.29, 0.717) is 18.9 Å². The van der Waals surface area contributed by atoms with E-state index in [1.807, 2.05) is 6.92 Å². The molecule has 2 rings (SSSR count). The maximum atomic E-state index is 13.1. The topological polar surface area (TPSA) is 70.5 Å². The van der Waals surface area contributed by atoms with Gasteiger partial charge in [-0.25, -0.2) is 9.18 Å². The Hall–Kier alpha value is -1.98. The minimum absolute atomic E-state index is 0.0891. The van der Waals surface area contributed by atoms with Gasteiger partial charge in [-0.2, -0.15) is 0 Å². The number of carboxylic acid groups (broad SMARTS) is 1. The average molecular weight is 280 g/mol. The third-order valence-corrected chi connectivity index (χ3v) is 3.79. The van der Waals surface area contributed by atoms with Gasteiger partial charge in [0, 0.05) is 12.7 Å². The fourth-order valence-corrected chi connectivity index (χ4v) is 2.58. The van der Waals surface area contributed by atoms with E-state index >= 15 is 0 Å². The van der Waals surface area contributed by atoms with Crippen molar-refractivity contribution < 1.29 is 19.1 Å². The number of aromatic nitrogens is 1. The lowest BCUT2D eigenvalue weighted by Gasteiger charge is -2.36. The highest BCUT2D eigenvalue weighted by Crippen LogP contribution is 2.26. The zero-order valence-electron chi connectivity index (χ0n) is 11.3. The fraction of sp³-hybridized carbons (Fsp3) is 0.500. The molecule has 5 nitrogen and oxygen atoms in total. The van der Waals surface area contributed by atoms with Crippen LogP contribution in [0, 0.1) is 11.7 Å². The molecule has 108 valence electrons. The number of hydrogen-bond acceptors (Lipinski definition) is 3. The summed E-state index contributed by atoms with van der Waals surface area (Å²) >= 11 is 0. The number of aliphatic carboxylic acids is 1. The molecule has 20 heavy (non-hydrogen) atoms. The second-order valence-electron chi connectivity index (χ2n) is 5.04. The first-order valence-corrected chi connectivity index (χ1v) is 6.67. The van der Waals surface area contributed by atoms with Gasteiger partial charge in [0.2, 0.25) is 0 Å². The molecule has 1 aliphatic heterocycles. The molecule has 0 saturated carbocycles. The van der Waals surface area contributed by atoms with Gasteiger partial charge in [0.25, 0.3) is 5.91 Å². The van der Waals surface area contributed by atoms with Crippen molar-refractivity contribution in [2.24, 2.45) is 5.92 Å². The van der Waals surface area contributed by atoms with Crippen LogP contribution in [0.4, 0.5) is 4.39 Å². The standard InChI is InChI=1S/C14H17FN2O3/c1-2-9-3-4-17(12(5-9)14(19)20)13(18)10-6-11(15)8-16-7-10/h6-9,12H,2-5H2,1H3,(H,19,20). The van der Waals surface area contributed by atoms with Crippen LogP contribution in [0.15, 0.2) is 18.5 Å². The molecule has 1 amide bonds. The SMILES string of the molecule is CCC1CCN(C(=O)c2cncc(F)c2)C(C(=O)O)C1. The molecule has 1 aromatic rings. The van der Waals surface area contributed by atoms with Gasteiger partial charge in [0.15, 0.2) is 0 Å². The molecule has 1 saturated heterocycles. The second-order valence-corrected chi connectivity index (χ2v) is 5.04. The van der Waals surface area contributed by atoms with Crippen molar-refractivity contribution in [3.63, 3.8) is 0 Å². The van der Waals surface area contributed by atoms with Gasteiger partial charge >= 0.3 is 5.97 Å². The Morgan fingerprint density at radius 3 is 2.85 bits per heavy atom. The van der Waals surface area contributed by atoms with Crippen LogP contribution in [0.1, 0.15) is 36.5 Å². The third-order valence-electron chi connectivity index (χ3n) is 3.79. The zero-order chi connectivity index (χ0) is 14.7. The number of amides is 1. The summed E-state index contributed by atoms with van der Waals surface area (Å²) in [7, 11) is 0. The van der Waals surface area contributed by atoms with Crippen LogP contribution < -0.4 is 0 Å². The number of likely N-dealkylation sites (tertiary alicyclic amines) is 1. The van der Waals surface area contributed by atoms with Gasteiger partial charge in [-0.05, 0) is 24.8 Å². The van der Waals surface area contributed by atoms with E-state index in [9.17, 15) is 19.1 Å². The predicted molar refractivity (Wildman–Crippen MR) is 69.7 cm³/mol. The minimum atomic E-state index is -1.01. The van der Waals surface area contributed by atoms with Crippen molar-refractivity contribution in [1.29, 1.82) is 0 Å². The summed E-state index contributed by atoms with van der Waals surface area (Å²) < 4.78 is 13.1. The van der Waals surface area contributed by atoms with Crippen LogP contribution in [0.3, 0.4) is 0 Å². The summed E-state index contributed by atoms with van der Waals surface area (Å²) in [5.74, 6) is -1.78. The Bertz CT molecular complexity index is 521. The zero-order valence-corrected chi connectivity index (χ0v) is 11.3. The van der Waals surface area contributed by atoms with E-state index in [0.717, 1.165) is 25.1 Å². The monoisotopic (exact) mass is 280 g/mol. The molecule has 2 atom stereocenters. The van der Waals surface area contributed by atoms with Gasteiger partial charge in [-0.15, -0.1) is 0 Å². The highest BCUT2D eigenvalue weighted by atomic mass is 19.1. The van der Waals surface area contributed by atoms with Crippen LogP contribution in [-0.4, -0.2) is 39.5 Å². The summed E-state index contributed by atoms with van der Waals surface area (Å²) in [4.78, 5) is 28.6. The van der Waals surface area contributed by atoms with Gasteiger partial charge in [-0.1, -0.05) is 13.3 Å².